The van der Waals surface area contributed by atoms with Crippen LogP contribution >= 0.6 is 0 Å². The van der Waals surface area contributed by atoms with Crippen molar-refractivity contribution in [2.75, 3.05) is 13.2 Å². The first-order valence-corrected chi connectivity index (χ1v) is 9.10. The average Bonchev–Trinajstić information content (AvgIpc) is 3.37. The molecule has 0 radical (unpaired) electrons. The summed E-state index contributed by atoms with van der Waals surface area (Å²) in [4.78, 5) is 6.99. The van der Waals surface area contributed by atoms with Crippen LogP contribution in [0.15, 0.2) is 28.8 Å². The molecule has 1 atom stereocenters. The number of benzene rings is 1. The number of hydrogen-bond acceptors (Lipinski definition) is 5. The fraction of sp³-hybridized carbons (Fsp3) is 0.579. The second kappa shape index (κ2) is 7.03. The van der Waals surface area contributed by atoms with E-state index in [1.165, 1.54) is 30.4 Å². The van der Waals surface area contributed by atoms with Gasteiger partial charge in [-0.25, -0.2) is 0 Å². The maximum atomic E-state index is 9.28. The molecule has 24 heavy (non-hydrogen) atoms. The smallest absolute Gasteiger partial charge is 0.240 e. The van der Waals surface area contributed by atoms with Crippen LogP contribution in [-0.4, -0.2) is 33.3 Å². The molecular formula is C19H25N3O2. The largest absolute Gasteiger partial charge is 0.396 e. The number of aryl methyl sites for hydroxylation is 1. The van der Waals surface area contributed by atoms with E-state index in [2.05, 4.69) is 39.3 Å². The topological polar surface area (TPSA) is 62.4 Å². The number of rotatable bonds is 7. The van der Waals surface area contributed by atoms with E-state index >= 15 is 0 Å². The number of aliphatic hydroxyl groups excluding tert-OH is 1. The third-order valence-corrected chi connectivity index (χ3v) is 5.15. The summed E-state index contributed by atoms with van der Waals surface area (Å²) in [5.74, 6) is 2.10. The van der Waals surface area contributed by atoms with Crippen molar-refractivity contribution in [2.45, 2.75) is 57.0 Å². The van der Waals surface area contributed by atoms with Crippen molar-refractivity contribution in [3.8, 4) is 0 Å². The minimum absolute atomic E-state index is 0.210. The zero-order valence-electron chi connectivity index (χ0n) is 14.0. The van der Waals surface area contributed by atoms with Crippen LogP contribution in [0.2, 0.25) is 0 Å². The van der Waals surface area contributed by atoms with Crippen molar-refractivity contribution in [3.63, 3.8) is 0 Å². The van der Waals surface area contributed by atoms with Crippen LogP contribution in [0.1, 0.15) is 66.9 Å². The van der Waals surface area contributed by atoms with E-state index < -0.39 is 0 Å². The molecule has 1 saturated carbocycles. The van der Waals surface area contributed by atoms with Gasteiger partial charge in [0.2, 0.25) is 5.89 Å². The van der Waals surface area contributed by atoms with Gasteiger partial charge in [0, 0.05) is 25.1 Å². The molecule has 1 heterocycles. The summed E-state index contributed by atoms with van der Waals surface area (Å²) in [7, 11) is 0. The molecule has 4 rings (SSSR count). The monoisotopic (exact) mass is 327 g/mol. The summed E-state index contributed by atoms with van der Waals surface area (Å²) >= 11 is 0. The Kier molecular flexibility index (Phi) is 4.63. The van der Waals surface area contributed by atoms with Crippen molar-refractivity contribution >= 4 is 0 Å². The van der Waals surface area contributed by atoms with Gasteiger partial charge in [-0.05, 0) is 49.7 Å². The molecule has 0 saturated heterocycles. The van der Waals surface area contributed by atoms with E-state index in [-0.39, 0.29) is 6.61 Å². The van der Waals surface area contributed by atoms with Gasteiger partial charge in [0.15, 0.2) is 5.82 Å². The van der Waals surface area contributed by atoms with Crippen molar-refractivity contribution in [2.24, 2.45) is 0 Å². The van der Waals surface area contributed by atoms with Gasteiger partial charge >= 0.3 is 0 Å². The van der Waals surface area contributed by atoms with E-state index in [4.69, 9.17) is 4.52 Å². The van der Waals surface area contributed by atoms with Crippen LogP contribution in [0.5, 0.6) is 0 Å². The number of aromatic nitrogens is 2. The third-order valence-electron chi connectivity index (χ3n) is 5.15. The molecule has 5 heteroatoms. The summed E-state index contributed by atoms with van der Waals surface area (Å²) in [5, 5.41) is 13.4. The molecule has 0 spiro atoms. The predicted molar refractivity (Wildman–Crippen MR) is 90.5 cm³/mol. The van der Waals surface area contributed by atoms with Crippen LogP contribution in [0, 0.1) is 0 Å². The van der Waals surface area contributed by atoms with Gasteiger partial charge in [0.25, 0.3) is 0 Å². The summed E-state index contributed by atoms with van der Waals surface area (Å²) in [6.45, 7) is 1.72. The first-order valence-electron chi connectivity index (χ1n) is 9.10. The predicted octanol–water partition coefficient (Wildman–Crippen LogP) is 3.21. The lowest BCUT2D eigenvalue weighted by molar-refractivity contribution is 0.135. The standard InChI is InChI=1S/C19H25N3O2/c23-12-4-11-22(13-18-20-19(21-24-18)15-9-10-15)17-8-3-6-14-5-1-2-7-16(14)17/h1-2,5,7,15,17,23H,3-4,6,8-13H2. The van der Waals surface area contributed by atoms with Gasteiger partial charge < -0.3 is 9.63 Å². The first-order chi connectivity index (χ1) is 11.8. The Balaban J connectivity index is 1.54. The molecule has 0 aliphatic heterocycles. The lowest BCUT2D eigenvalue weighted by atomic mass is 9.86. The second-order valence-corrected chi connectivity index (χ2v) is 6.98. The summed E-state index contributed by atoms with van der Waals surface area (Å²) in [6, 6.07) is 9.11. The van der Waals surface area contributed by atoms with E-state index in [9.17, 15) is 5.11 Å². The fourth-order valence-corrected chi connectivity index (χ4v) is 3.74. The third kappa shape index (κ3) is 3.37. The van der Waals surface area contributed by atoms with E-state index in [1.54, 1.807) is 0 Å². The molecule has 1 aromatic carbocycles. The average molecular weight is 327 g/mol. The van der Waals surface area contributed by atoms with Crippen molar-refractivity contribution < 1.29 is 9.63 Å². The van der Waals surface area contributed by atoms with Gasteiger partial charge in [0.05, 0.1) is 6.54 Å². The highest BCUT2D eigenvalue weighted by Gasteiger charge is 2.30. The highest BCUT2D eigenvalue weighted by atomic mass is 16.5. The molecule has 2 aromatic rings. The van der Waals surface area contributed by atoms with Crippen LogP contribution < -0.4 is 0 Å². The molecular weight excluding hydrogens is 302 g/mol. The van der Waals surface area contributed by atoms with Crippen LogP contribution in [0.25, 0.3) is 0 Å². The minimum atomic E-state index is 0.210. The van der Waals surface area contributed by atoms with Crippen LogP contribution in [0.3, 0.4) is 0 Å². The molecule has 0 amide bonds. The lowest BCUT2D eigenvalue weighted by Gasteiger charge is -2.35. The fourth-order valence-electron chi connectivity index (χ4n) is 3.74. The number of nitrogens with zero attached hydrogens (tertiary/aromatic N) is 3. The normalized spacial score (nSPS) is 20.3. The Hall–Kier alpha value is -1.72. The maximum absolute atomic E-state index is 9.28. The number of hydrogen-bond donors (Lipinski definition) is 1. The highest BCUT2D eigenvalue weighted by molar-refractivity contribution is 5.32. The van der Waals surface area contributed by atoms with E-state index in [0.717, 1.165) is 31.6 Å². The minimum Gasteiger partial charge on any atom is -0.396 e. The van der Waals surface area contributed by atoms with E-state index in [0.29, 0.717) is 24.4 Å². The summed E-state index contributed by atoms with van der Waals surface area (Å²) < 4.78 is 5.49. The summed E-state index contributed by atoms with van der Waals surface area (Å²) in [6.07, 6.45) is 6.64. The Morgan fingerprint density at radius 1 is 1.21 bits per heavy atom. The summed E-state index contributed by atoms with van der Waals surface area (Å²) in [5.41, 5.74) is 2.87. The molecule has 0 bridgehead atoms. The van der Waals surface area contributed by atoms with Crippen molar-refractivity contribution in [3.05, 3.63) is 47.1 Å². The van der Waals surface area contributed by atoms with Crippen molar-refractivity contribution in [1.29, 1.82) is 0 Å². The Labute approximate surface area is 142 Å². The molecule has 5 nitrogen and oxygen atoms in total. The van der Waals surface area contributed by atoms with Gasteiger partial charge in [-0.2, -0.15) is 4.98 Å². The zero-order valence-corrected chi connectivity index (χ0v) is 14.0. The number of fused-ring (bicyclic) bond motifs is 1. The Morgan fingerprint density at radius 3 is 2.92 bits per heavy atom. The quantitative estimate of drug-likeness (QED) is 0.846. The Morgan fingerprint density at radius 2 is 2.08 bits per heavy atom. The van der Waals surface area contributed by atoms with Crippen LogP contribution in [-0.2, 0) is 13.0 Å². The zero-order chi connectivity index (χ0) is 16.4. The SMILES string of the molecule is OCCCN(Cc1nc(C2CC2)no1)C1CCCc2ccccc21. The maximum Gasteiger partial charge on any atom is 0.240 e. The second-order valence-electron chi connectivity index (χ2n) is 6.98. The molecule has 128 valence electrons. The molecule has 1 aromatic heterocycles. The molecule has 2 aliphatic carbocycles. The van der Waals surface area contributed by atoms with Gasteiger partial charge in [-0.3, -0.25) is 4.90 Å². The van der Waals surface area contributed by atoms with E-state index in [1.807, 2.05) is 0 Å². The van der Waals surface area contributed by atoms with Gasteiger partial charge in [-0.15, -0.1) is 0 Å². The van der Waals surface area contributed by atoms with Crippen molar-refractivity contribution in [1.82, 2.24) is 15.0 Å². The number of aliphatic hydroxyl groups is 1. The molecule has 1 fully saturated rings. The first kappa shape index (κ1) is 15.8. The lowest BCUT2D eigenvalue weighted by Crippen LogP contribution is -2.32. The van der Waals surface area contributed by atoms with Crippen LogP contribution in [0.4, 0.5) is 0 Å². The molecule has 1 unspecified atom stereocenters. The van der Waals surface area contributed by atoms with Gasteiger partial charge in [-0.1, -0.05) is 29.4 Å². The van der Waals surface area contributed by atoms with Gasteiger partial charge in [0.1, 0.15) is 0 Å². The molecule has 1 N–H and O–H groups in total. The molecule has 2 aliphatic rings. The Bertz CT molecular complexity index is 681. The highest BCUT2D eigenvalue weighted by Crippen LogP contribution is 2.39.